The van der Waals surface area contributed by atoms with Crippen LogP contribution in [0.25, 0.3) is 0 Å². The summed E-state index contributed by atoms with van der Waals surface area (Å²) in [5.74, 6) is -0.624. The molecule has 1 heterocycles. The molecular formula is C15H15NO5. The number of aryl methyl sites for hydroxylation is 2. The summed E-state index contributed by atoms with van der Waals surface area (Å²) >= 11 is 0. The number of carboxylic acids is 1. The molecule has 0 fully saturated rings. The van der Waals surface area contributed by atoms with Gasteiger partial charge in [-0.25, -0.2) is 4.79 Å². The van der Waals surface area contributed by atoms with Crippen LogP contribution in [0.5, 0.6) is 5.75 Å². The smallest absolute Gasteiger partial charge is 0.339 e. The number of hydrogen-bond donors (Lipinski definition) is 3. The van der Waals surface area contributed by atoms with Gasteiger partial charge in [-0.05, 0) is 43.7 Å². The fourth-order valence-electron chi connectivity index (χ4n) is 2.01. The monoisotopic (exact) mass is 289 g/mol. The highest BCUT2D eigenvalue weighted by atomic mass is 16.4. The number of carbonyl (C=O) groups is 2. The second kappa shape index (κ2) is 5.70. The number of carbonyl (C=O) groups excluding carboxylic acids is 1. The van der Waals surface area contributed by atoms with E-state index in [1.54, 1.807) is 13.8 Å². The standard InChI is InChI=1S/C15H15NO5/c1-8-5-10(17)3-4-12(8)14(18)16-7-11-6-13(15(19)20)9(2)21-11/h3-6,17H,7H2,1-2H3,(H,16,18)(H,19,20). The van der Waals surface area contributed by atoms with Crippen molar-refractivity contribution in [3.63, 3.8) is 0 Å². The quantitative estimate of drug-likeness (QED) is 0.801. The molecule has 1 amide bonds. The maximum absolute atomic E-state index is 12.0. The average molecular weight is 289 g/mol. The molecule has 0 bridgehead atoms. The van der Waals surface area contributed by atoms with E-state index in [1.165, 1.54) is 24.3 Å². The Morgan fingerprint density at radius 2 is 1.90 bits per heavy atom. The average Bonchev–Trinajstić information content (AvgIpc) is 2.77. The topological polar surface area (TPSA) is 99.8 Å². The predicted molar refractivity (Wildman–Crippen MR) is 74.4 cm³/mol. The molecule has 0 radical (unpaired) electrons. The summed E-state index contributed by atoms with van der Waals surface area (Å²) in [5.41, 5.74) is 1.17. The van der Waals surface area contributed by atoms with E-state index in [0.717, 1.165) is 0 Å². The molecule has 0 saturated heterocycles. The Bertz CT molecular complexity index is 702. The van der Waals surface area contributed by atoms with Gasteiger partial charge in [0.05, 0.1) is 6.54 Å². The zero-order valence-electron chi connectivity index (χ0n) is 11.6. The van der Waals surface area contributed by atoms with Crippen molar-refractivity contribution in [2.24, 2.45) is 0 Å². The van der Waals surface area contributed by atoms with Gasteiger partial charge in [0.1, 0.15) is 22.8 Å². The molecule has 0 atom stereocenters. The lowest BCUT2D eigenvalue weighted by Crippen LogP contribution is -2.23. The van der Waals surface area contributed by atoms with E-state index in [2.05, 4.69) is 5.32 Å². The summed E-state index contributed by atoms with van der Waals surface area (Å²) in [5, 5.41) is 20.9. The van der Waals surface area contributed by atoms with Gasteiger partial charge in [0.2, 0.25) is 0 Å². The minimum absolute atomic E-state index is 0.0834. The number of amides is 1. The van der Waals surface area contributed by atoms with Crippen molar-refractivity contribution in [3.05, 3.63) is 52.5 Å². The van der Waals surface area contributed by atoms with E-state index in [4.69, 9.17) is 9.52 Å². The largest absolute Gasteiger partial charge is 0.508 e. The number of phenolic OH excluding ortho intramolecular Hbond substituents is 1. The first-order chi connectivity index (χ1) is 9.88. The van der Waals surface area contributed by atoms with Crippen LogP contribution in [-0.4, -0.2) is 22.1 Å². The van der Waals surface area contributed by atoms with Crippen LogP contribution >= 0.6 is 0 Å². The van der Waals surface area contributed by atoms with Crippen LogP contribution in [-0.2, 0) is 6.54 Å². The first-order valence-corrected chi connectivity index (χ1v) is 6.29. The molecule has 0 spiro atoms. The van der Waals surface area contributed by atoms with Crippen LogP contribution in [0.2, 0.25) is 0 Å². The van der Waals surface area contributed by atoms with Gasteiger partial charge < -0.3 is 19.9 Å². The normalized spacial score (nSPS) is 10.4. The molecule has 0 unspecified atom stereocenters. The number of carboxylic acid groups (broad SMARTS) is 1. The molecule has 21 heavy (non-hydrogen) atoms. The Labute approximate surface area is 121 Å². The van der Waals surface area contributed by atoms with Crippen molar-refractivity contribution >= 4 is 11.9 Å². The lowest BCUT2D eigenvalue weighted by molar-refractivity contribution is 0.0694. The van der Waals surface area contributed by atoms with Gasteiger partial charge in [-0.15, -0.1) is 0 Å². The second-order valence-electron chi connectivity index (χ2n) is 4.67. The second-order valence-corrected chi connectivity index (χ2v) is 4.67. The molecule has 2 rings (SSSR count). The Morgan fingerprint density at radius 1 is 1.19 bits per heavy atom. The molecule has 1 aromatic carbocycles. The summed E-state index contributed by atoms with van der Waals surface area (Å²) in [6.07, 6.45) is 0. The van der Waals surface area contributed by atoms with Crippen LogP contribution in [0, 0.1) is 13.8 Å². The lowest BCUT2D eigenvalue weighted by atomic mass is 10.1. The minimum Gasteiger partial charge on any atom is -0.508 e. The number of aromatic carboxylic acids is 1. The molecule has 0 aliphatic rings. The maximum Gasteiger partial charge on any atom is 0.339 e. The molecule has 1 aromatic heterocycles. The van der Waals surface area contributed by atoms with Gasteiger partial charge in [-0.1, -0.05) is 0 Å². The fraction of sp³-hybridized carbons (Fsp3) is 0.200. The highest BCUT2D eigenvalue weighted by Gasteiger charge is 2.15. The fourth-order valence-corrected chi connectivity index (χ4v) is 2.01. The Balaban J connectivity index is 2.07. The van der Waals surface area contributed by atoms with Crippen molar-refractivity contribution in [2.75, 3.05) is 0 Å². The molecule has 0 saturated carbocycles. The van der Waals surface area contributed by atoms with Gasteiger partial charge in [0, 0.05) is 5.56 Å². The molecular weight excluding hydrogens is 274 g/mol. The molecule has 110 valence electrons. The number of benzene rings is 1. The Kier molecular flexibility index (Phi) is 3.98. The summed E-state index contributed by atoms with van der Waals surface area (Å²) in [6, 6.07) is 5.84. The van der Waals surface area contributed by atoms with Gasteiger partial charge in [0.25, 0.3) is 5.91 Å². The molecule has 6 nitrogen and oxygen atoms in total. The van der Waals surface area contributed by atoms with E-state index < -0.39 is 5.97 Å². The molecule has 6 heteroatoms. The first kappa shape index (κ1) is 14.6. The number of phenols is 1. The van der Waals surface area contributed by atoms with E-state index in [9.17, 15) is 14.7 Å². The summed E-state index contributed by atoms with van der Waals surface area (Å²) in [4.78, 5) is 22.9. The Morgan fingerprint density at radius 3 is 2.48 bits per heavy atom. The summed E-state index contributed by atoms with van der Waals surface area (Å²) in [7, 11) is 0. The SMILES string of the molecule is Cc1cc(O)ccc1C(=O)NCc1cc(C(=O)O)c(C)o1. The molecule has 3 N–H and O–H groups in total. The van der Waals surface area contributed by atoms with Crippen molar-refractivity contribution in [1.82, 2.24) is 5.32 Å². The summed E-state index contributed by atoms with van der Waals surface area (Å²) < 4.78 is 5.28. The maximum atomic E-state index is 12.0. The molecule has 0 aliphatic heterocycles. The molecule has 0 aliphatic carbocycles. The zero-order valence-corrected chi connectivity index (χ0v) is 11.6. The highest BCUT2D eigenvalue weighted by Crippen LogP contribution is 2.17. The number of nitrogens with one attached hydrogen (secondary N) is 1. The van der Waals surface area contributed by atoms with Crippen LogP contribution in [0.4, 0.5) is 0 Å². The Hall–Kier alpha value is -2.76. The first-order valence-electron chi connectivity index (χ1n) is 6.29. The van der Waals surface area contributed by atoms with Crippen LogP contribution < -0.4 is 5.32 Å². The van der Waals surface area contributed by atoms with Crippen molar-refractivity contribution in [2.45, 2.75) is 20.4 Å². The third-order valence-electron chi connectivity index (χ3n) is 3.08. The van der Waals surface area contributed by atoms with Gasteiger partial charge in [-0.2, -0.15) is 0 Å². The number of hydrogen-bond acceptors (Lipinski definition) is 4. The van der Waals surface area contributed by atoms with Gasteiger partial charge in [-0.3, -0.25) is 4.79 Å². The number of rotatable bonds is 4. The van der Waals surface area contributed by atoms with Crippen molar-refractivity contribution in [3.8, 4) is 5.75 Å². The van der Waals surface area contributed by atoms with E-state index in [-0.39, 0.29) is 23.8 Å². The number of aromatic hydroxyl groups is 1. The zero-order chi connectivity index (χ0) is 15.6. The lowest BCUT2D eigenvalue weighted by Gasteiger charge is -2.06. The highest BCUT2D eigenvalue weighted by molar-refractivity contribution is 5.95. The third-order valence-corrected chi connectivity index (χ3v) is 3.08. The number of furan rings is 1. The predicted octanol–water partition coefficient (Wildman–Crippen LogP) is 2.23. The minimum atomic E-state index is -1.07. The third kappa shape index (κ3) is 3.22. The van der Waals surface area contributed by atoms with Crippen molar-refractivity contribution in [1.29, 1.82) is 0 Å². The van der Waals surface area contributed by atoms with Crippen LogP contribution in [0.3, 0.4) is 0 Å². The van der Waals surface area contributed by atoms with Crippen molar-refractivity contribution < 1.29 is 24.2 Å². The van der Waals surface area contributed by atoms with E-state index >= 15 is 0 Å². The van der Waals surface area contributed by atoms with Gasteiger partial charge in [0.15, 0.2) is 0 Å². The summed E-state index contributed by atoms with van der Waals surface area (Å²) in [6.45, 7) is 3.36. The van der Waals surface area contributed by atoms with Crippen LogP contribution in [0.15, 0.2) is 28.7 Å². The van der Waals surface area contributed by atoms with Gasteiger partial charge >= 0.3 is 5.97 Å². The molecule has 2 aromatic rings. The van der Waals surface area contributed by atoms with E-state index in [0.29, 0.717) is 22.6 Å². The van der Waals surface area contributed by atoms with E-state index in [1.807, 2.05) is 0 Å². The van der Waals surface area contributed by atoms with Crippen LogP contribution in [0.1, 0.15) is 37.8 Å².